The molecule has 27 heavy (non-hydrogen) atoms. The lowest BCUT2D eigenvalue weighted by Crippen LogP contribution is -2.14. The van der Waals surface area contributed by atoms with Gasteiger partial charge in [0.25, 0.3) is 0 Å². The van der Waals surface area contributed by atoms with Crippen molar-refractivity contribution in [2.75, 3.05) is 7.11 Å². The number of fused-ring (bicyclic) bond motifs is 1. The first-order valence-electron chi connectivity index (χ1n) is 8.16. The molecule has 0 unspecified atom stereocenters. The second-order valence-electron chi connectivity index (χ2n) is 5.81. The summed E-state index contributed by atoms with van der Waals surface area (Å²) in [6, 6.07) is 12.9. The number of ether oxygens (including phenoxy) is 1. The molecule has 0 saturated heterocycles. The number of hydrogen-bond donors (Lipinski definition) is 1. The van der Waals surface area contributed by atoms with E-state index in [1.54, 1.807) is 19.8 Å². The molecule has 4 aromatic rings. The van der Waals surface area contributed by atoms with Crippen molar-refractivity contribution in [3.8, 4) is 5.75 Å². The van der Waals surface area contributed by atoms with Crippen molar-refractivity contribution in [2.24, 2.45) is 4.99 Å². The fraction of sp³-hybridized carbons (Fsp3) is 0.105. The molecule has 0 radical (unpaired) electrons. The number of aromatic amines is 1. The molecule has 0 aliphatic carbocycles. The maximum absolute atomic E-state index is 6.29. The topological polar surface area (TPSA) is 68.1 Å². The summed E-state index contributed by atoms with van der Waals surface area (Å²) < 4.78 is 7.12. The van der Waals surface area contributed by atoms with Crippen LogP contribution in [0.3, 0.4) is 0 Å². The average molecular weight is 400 g/mol. The van der Waals surface area contributed by atoms with Crippen LogP contribution in [0.25, 0.3) is 11.2 Å². The van der Waals surface area contributed by atoms with Gasteiger partial charge in [-0.1, -0.05) is 35.3 Å². The molecule has 0 amide bonds. The van der Waals surface area contributed by atoms with Gasteiger partial charge < -0.3 is 14.3 Å². The number of aromatic nitrogens is 4. The Morgan fingerprint density at radius 2 is 1.89 bits per heavy atom. The van der Waals surface area contributed by atoms with E-state index < -0.39 is 0 Å². The van der Waals surface area contributed by atoms with E-state index in [1.165, 1.54) is 0 Å². The van der Waals surface area contributed by atoms with Crippen molar-refractivity contribution in [1.29, 1.82) is 0 Å². The SMILES string of the molecule is COc1cccc(N=c2ncn(Cc3c(Cl)cccc3Cl)c3nc[nH]c23)c1. The minimum absolute atomic E-state index is 0.451. The van der Waals surface area contributed by atoms with E-state index in [1.807, 2.05) is 47.0 Å². The zero-order valence-corrected chi connectivity index (χ0v) is 15.9. The lowest BCUT2D eigenvalue weighted by Gasteiger charge is -2.10. The van der Waals surface area contributed by atoms with Crippen LogP contribution in [0.5, 0.6) is 5.75 Å². The Morgan fingerprint density at radius 1 is 1.11 bits per heavy atom. The molecule has 0 saturated carbocycles. The molecule has 0 aliphatic heterocycles. The smallest absolute Gasteiger partial charge is 0.181 e. The summed E-state index contributed by atoms with van der Waals surface area (Å²) in [6.45, 7) is 0.451. The summed E-state index contributed by atoms with van der Waals surface area (Å²) in [5.74, 6) is 0.733. The Kier molecular flexibility index (Phi) is 4.83. The molecule has 2 heterocycles. The highest BCUT2D eigenvalue weighted by molar-refractivity contribution is 6.36. The van der Waals surface area contributed by atoms with Gasteiger partial charge in [0.2, 0.25) is 0 Å². The highest BCUT2D eigenvalue weighted by Gasteiger charge is 2.10. The molecule has 4 rings (SSSR count). The summed E-state index contributed by atoms with van der Waals surface area (Å²) in [5.41, 5.74) is 3.53. The van der Waals surface area contributed by atoms with Gasteiger partial charge in [0, 0.05) is 21.7 Å². The van der Waals surface area contributed by atoms with Crippen LogP contribution >= 0.6 is 23.2 Å². The van der Waals surface area contributed by atoms with Crippen molar-refractivity contribution in [3.63, 3.8) is 0 Å². The number of nitrogens with one attached hydrogen (secondary N) is 1. The molecule has 2 aromatic heterocycles. The lowest BCUT2D eigenvalue weighted by molar-refractivity contribution is 0.415. The maximum Gasteiger partial charge on any atom is 0.181 e. The third-order valence-corrected chi connectivity index (χ3v) is 4.82. The maximum atomic E-state index is 6.29. The number of H-pyrrole nitrogens is 1. The van der Waals surface area contributed by atoms with Crippen LogP contribution in [0.2, 0.25) is 10.0 Å². The fourth-order valence-electron chi connectivity index (χ4n) is 2.77. The third kappa shape index (κ3) is 3.54. The van der Waals surface area contributed by atoms with Gasteiger partial charge in [0.1, 0.15) is 11.3 Å². The standard InChI is InChI=1S/C19H15Cl2N5O/c1-27-13-5-2-4-12(8-13)25-18-17-19(23-10-22-17)26(11-24-18)9-14-15(20)6-3-7-16(14)21/h2-8,10-11H,9H2,1H3,(H,22,23). The second kappa shape index (κ2) is 7.42. The number of nitrogens with zero attached hydrogens (tertiary/aromatic N) is 4. The molecule has 0 fully saturated rings. The van der Waals surface area contributed by atoms with Crippen LogP contribution in [0.4, 0.5) is 5.69 Å². The number of benzene rings is 2. The normalized spacial score (nSPS) is 11.9. The van der Waals surface area contributed by atoms with E-state index in [0.29, 0.717) is 27.7 Å². The van der Waals surface area contributed by atoms with E-state index in [2.05, 4.69) is 19.9 Å². The van der Waals surface area contributed by atoms with Crippen molar-refractivity contribution in [1.82, 2.24) is 19.5 Å². The first kappa shape index (κ1) is 17.6. The highest BCUT2D eigenvalue weighted by Crippen LogP contribution is 2.25. The van der Waals surface area contributed by atoms with Gasteiger partial charge in [-0.05, 0) is 24.3 Å². The van der Waals surface area contributed by atoms with Crippen molar-refractivity contribution in [2.45, 2.75) is 6.54 Å². The largest absolute Gasteiger partial charge is 0.497 e. The zero-order chi connectivity index (χ0) is 18.8. The third-order valence-electron chi connectivity index (χ3n) is 4.11. The summed E-state index contributed by atoms with van der Waals surface area (Å²) >= 11 is 12.6. The van der Waals surface area contributed by atoms with Gasteiger partial charge in [0.15, 0.2) is 11.1 Å². The van der Waals surface area contributed by atoms with E-state index >= 15 is 0 Å². The average Bonchev–Trinajstić information content (AvgIpc) is 3.17. The van der Waals surface area contributed by atoms with E-state index in [0.717, 1.165) is 22.5 Å². The minimum atomic E-state index is 0.451. The van der Waals surface area contributed by atoms with Gasteiger partial charge in [-0.15, -0.1) is 0 Å². The molecule has 0 atom stereocenters. The minimum Gasteiger partial charge on any atom is -0.497 e. The Morgan fingerprint density at radius 3 is 2.67 bits per heavy atom. The van der Waals surface area contributed by atoms with E-state index in [4.69, 9.17) is 27.9 Å². The predicted molar refractivity (Wildman–Crippen MR) is 106 cm³/mol. The van der Waals surface area contributed by atoms with Gasteiger partial charge in [0.05, 0.1) is 32.0 Å². The van der Waals surface area contributed by atoms with Crippen LogP contribution in [-0.2, 0) is 6.54 Å². The lowest BCUT2D eigenvalue weighted by atomic mass is 10.2. The first-order chi connectivity index (χ1) is 13.2. The fourth-order valence-corrected chi connectivity index (χ4v) is 3.29. The molecular weight excluding hydrogens is 385 g/mol. The van der Waals surface area contributed by atoms with Crippen LogP contribution in [0.1, 0.15) is 5.56 Å². The quantitative estimate of drug-likeness (QED) is 0.554. The molecule has 8 heteroatoms. The number of hydrogen-bond acceptors (Lipinski definition) is 4. The Bertz CT molecular complexity index is 1160. The zero-order valence-electron chi connectivity index (χ0n) is 14.4. The Balaban J connectivity index is 1.80. The van der Waals surface area contributed by atoms with Crippen molar-refractivity contribution >= 4 is 40.1 Å². The van der Waals surface area contributed by atoms with Crippen LogP contribution < -0.4 is 10.2 Å². The van der Waals surface area contributed by atoms with Crippen LogP contribution in [-0.4, -0.2) is 26.6 Å². The second-order valence-corrected chi connectivity index (χ2v) is 6.63. The van der Waals surface area contributed by atoms with Crippen molar-refractivity contribution < 1.29 is 4.74 Å². The number of rotatable bonds is 4. The monoisotopic (exact) mass is 399 g/mol. The van der Waals surface area contributed by atoms with Gasteiger partial charge in [-0.2, -0.15) is 0 Å². The molecule has 0 aliphatic rings. The molecule has 0 bridgehead atoms. The van der Waals surface area contributed by atoms with Gasteiger partial charge in [-0.3, -0.25) is 0 Å². The highest BCUT2D eigenvalue weighted by atomic mass is 35.5. The van der Waals surface area contributed by atoms with E-state index in [9.17, 15) is 0 Å². The first-order valence-corrected chi connectivity index (χ1v) is 8.91. The Labute approximate surface area is 165 Å². The molecule has 1 N–H and O–H groups in total. The van der Waals surface area contributed by atoms with Crippen LogP contribution in [0, 0.1) is 0 Å². The predicted octanol–water partition coefficient (Wildman–Crippen LogP) is 4.36. The van der Waals surface area contributed by atoms with Gasteiger partial charge in [-0.25, -0.2) is 15.0 Å². The Hall–Kier alpha value is -2.83. The molecule has 136 valence electrons. The van der Waals surface area contributed by atoms with Crippen LogP contribution in [0.15, 0.2) is 60.1 Å². The number of imidazole rings is 1. The van der Waals surface area contributed by atoms with Gasteiger partial charge >= 0.3 is 0 Å². The number of halogens is 2. The molecular formula is C19H15Cl2N5O. The van der Waals surface area contributed by atoms with E-state index in [-0.39, 0.29) is 0 Å². The summed E-state index contributed by atoms with van der Waals surface area (Å²) in [7, 11) is 1.62. The molecule has 6 nitrogen and oxygen atoms in total. The summed E-state index contributed by atoms with van der Waals surface area (Å²) in [6.07, 6.45) is 3.30. The summed E-state index contributed by atoms with van der Waals surface area (Å²) in [5, 5.41) is 1.20. The summed E-state index contributed by atoms with van der Waals surface area (Å²) in [4.78, 5) is 16.6. The number of methoxy groups -OCH3 is 1. The van der Waals surface area contributed by atoms with Crippen molar-refractivity contribution in [3.05, 3.63) is 76.2 Å². The molecule has 2 aromatic carbocycles. The molecule has 0 spiro atoms.